The Morgan fingerprint density at radius 3 is 2.25 bits per heavy atom. The summed E-state index contributed by atoms with van der Waals surface area (Å²) in [6.45, 7) is 0.400. The summed E-state index contributed by atoms with van der Waals surface area (Å²) >= 11 is 0. The van der Waals surface area contributed by atoms with E-state index in [1.165, 1.54) is 14.2 Å². The first-order chi connectivity index (χ1) is 11.7. The van der Waals surface area contributed by atoms with E-state index in [9.17, 15) is 4.79 Å². The van der Waals surface area contributed by atoms with Crippen LogP contribution in [0.3, 0.4) is 0 Å². The number of benzene rings is 2. The summed E-state index contributed by atoms with van der Waals surface area (Å²) in [6, 6.07) is 12.5. The van der Waals surface area contributed by atoms with Crippen molar-refractivity contribution < 1.29 is 28.5 Å². The molecule has 0 amide bonds. The number of esters is 1. The van der Waals surface area contributed by atoms with Crippen molar-refractivity contribution in [2.45, 2.75) is 6.61 Å². The Kier molecular flexibility index (Phi) is 6.45. The van der Waals surface area contributed by atoms with Crippen LogP contribution in [0.4, 0.5) is 0 Å². The van der Waals surface area contributed by atoms with Crippen LogP contribution in [0.15, 0.2) is 42.5 Å². The molecule has 6 nitrogen and oxygen atoms in total. The summed E-state index contributed by atoms with van der Waals surface area (Å²) in [5.41, 5.74) is 1.30. The van der Waals surface area contributed by atoms with Crippen LogP contribution in [0.5, 0.6) is 17.2 Å². The van der Waals surface area contributed by atoms with Gasteiger partial charge in [-0.1, -0.05) is 12.1 Å². The van der Waals surface area contributed by atoms with Gasteiger partial charge >= 0.3 is 5.97 Å². The fraction of sp³-hybridized carbons (Fsp3) is 0.278. The first kappa shape index (κ1) is 17.6. The first-order valence-electron chi connectivity index (χ1n) is 7.27. The van der Waals surface area contributed by atoms with Crippen LogP contribution in [-0.2, 0) is 16.1 Å². The molecule has 2 aromatic rings. The highest BCUT2D eigenvalue weighted by Crippen LogP contribution is 2.26. The number of hydrogen-bond acceptors (Lipinski definition) is 6. The Labute approximate surface area is 140 Å². The lowest BCUT2D eigenvalue weighted by molar-refractivity contribution is 0.0463. The molecule has 0 unspecified atom stereocenters. The Morgan fingerprint density at radius 2 is 1.62 bits per heavy atom. The zero-order valence-electron chi connectivity index (χ0n) is 13.9. The second-order valence-electron chi connectivity index (χ2n) is 4.84. The molecular weight excluding hydrogens is 312 g/mol. The highest BCUT2D eigenvalue weighted by Gasteiger charge is 2.14. The van der Waals surface area contributed by atoms with Crippen LogP contribution in [0.1, 0.15) is 15.9 Å². The molecule has 0 radical (unpaired) electrons. The van der Waals surface area contributed by atoms with E-state index in [1.54, 1.807) is 25.3 Å². The van der Waals surface area contributed by atoms with Gasteiger partial charge in [0.05, 0.1) is 14.2 Å². The van der Waals surface area contributed by atoms with Crippen molar-refractivity contribution in [3.63, 3.8) is 0 Å². The Hall–Kier alpha value is -2.73. The molecule has 0 saturated heterocycles. The van der Waals surface area contributed by atoms with Gasteiger partial charge in [-0.25, -0.2) is 4.79 Å². The van der Waals surface area contributed by atoms with Gasteiger partial charge in [0, 0.05) is 13.2 Å². The molecule has 0 aromatic heterocycles. The monoisotopic (exact) mass is 332 g/mol. The van der Waals surface area contributed by atoms with Crippen molar-refractivity contribution in [2.75, 3.05) is 28.1 Å². The highest BCUT2D eigenvalue weighted by molar-refractivity contribution is 5.92. The highest BCUT2D eigenvalue weighted by atomic mass is 16.7. The molecule has 0 N–H and O–H groups in total. The van der Waals surface area contributed by atoms with E-state index < -0.39 is 5.97 Å². The number of hydrogen-bond donors (Lipinski definition) is 0. The molecule has 128 valence electrons. The maximum absolute atomic E-state index is 11.8. The number of carbonyl (C=O) groups is 1. The predicted molar refractivity (Wildman–Crippen MR) is 87.6 cm³/mol. The molecule has 6 heteroatoms. The number of carbonyl (C=O) groups excluding carboxylic acids is 1. The maximum Gasteiger partial charge on any atom is 0.341 e. The topological polar surface area (TPSA) is 63.2 Å². The summed E-state index contributed by atoms with van der Waals surface area (Å²) in [4.78, 5) is 11.8. The molecule has 2 rings (SSSR count). The fourth-order valence-electron chi connectivity index (χ4n) is 2.00. The molecule has 0 heterocycles. The minimum atomic E-state index is -0.484. The minimum absolute atomic E-state index is 0.0198. The van der Waals surface area contributed by atoms with Gasteiger partial charge in [-0.2, -0.15) is 0 Å². The van der Waals surface area contributed by atoms with Gasteiger partial charge in [0.15, 0.2) is 6.79 Å². The Morgan fingerprint density at radius 1 is 0.917 bits per heavy atom. The lowest BCUT2D eigenvalue weighted by atomic mass is 10.2. The first-order valence-corrected chi connectivity index (χ1v) is 7.27. The van der Waals surface area contributed by atoms with Gasteiger partial charge in [-0.3, -0.25) is 0 Å². The van der Waals surface area contributed by atoms with Crippen molar-refractivity contribution in [3.05, 3.63) is 53.6 Å². The molecule has 0 atom stereocenters. The summed E-state index contributed by atoms with van der Waals surface area (Å²) < 4.78 is 25.9. The second-order valence-corrected chi connectivity index (χ2v) is 4.84. The van der Waals surface area contributed by atoms with E-state index >= 15 is 0 Å². The van der Waals surface area contributed by atoms with Crippen LogP contribution >= 0.6 is 0 Å². The lowest BCUT2D eigenvalue weighted by Gasteiger charge is -2.12. The third-order valence-corrected chi connectivity index (χ3v) is 3.26. The summed E-state index contributed by atoms with van der Waals surface area (Å²) in [7, 11) is 4.44. The lowest BCUT2D eigenvalue weighted by Crippen LogP contribution is -2.08. The van der Waals surface area contributed by atoms with Crippen LogP contribution < -0.4 is 14.2 Å². The molecule has 0 saturated carbocycles. The van der Waals surface area contributed by atoms with E-state index in [0.29, 0.717) is 23.7 Å². The number of rotatable bonds is 8. The van der Waals surface area contributed by atoms with E-state index in [4.69, 9.17) is 23.7 Å². The van der Waals surface area contributed by atoms with Crippen LogP contribution in [0.2, 0.25) is 0 Å². The van der Waals surface area contributed by atoms with E-state index in [1.807, 2.05) is 24.3 Å². The smallest absolute Gasteiger partial charge is 0.341 e. The van der Waals surface area contributed by atoms with Crippen LogP contribution in [0.25, 0.3) is 0 Å². The molecule has 0 aliphatic heterocycles. The number of ether oxygens (including phenoxy) is 5. The fourth-order valence-corrected chi connectivity index (χ4v) is 2.00. The van der Waals surface area contributed by atoms with Gasteiger partial charge in [0.2, 0.25) is 0 Å². The molecule has 0 fully saturated rings. The zero-order valence-corrected chi connectivity index (χ0v) is 13.9. The van der Waals surface area contributed by atoms with Gasteiger partial charge in [-0.05, 0) is 29.8 Å². The maximum atomic E-state index is 11.8. The second kappa shape index (κ2) is 8.79. The quantitative estimate of drug-likeness (QED) is 0.547. The van der Waals surface area contributed by atoms with Crippen LogP contribution in [-0.4, -0.2) is 34.1 Å². The number of methoxy groups -OCH3 is 3. The van der Waals surface area contributed by atoms with Crippen molar-refractivity contribution in [2.24, 2.45) is 0 Å². The minimum Gasteiger partial charge on any atom is -0.497 e. The Balaban J connectivity index is 2.10. The molecule has 0 spiro atoms. The normalized spacial score (nSPS) is 10.1. The predicted octanol–water partition coefficient (Wildman–Crippen LogP) is 3.04. The Bertz CT molecular complexity index is 666. The third kappa shape index (κ3) is 4.63. The van der Waals surface area contributed by atoms with Gasteiger partial charge in [0.25, 0.3) is 0 Å². The molecule has 0 aliphatic carbocycles. The summed E-state index contributed by atoms with van der Waals surface area (Å²) in [6.07, 6.45) is 0. The standard InChI is InChI=1S/C18H20O6/c1-20-12-24-17-10-15(8-9-16(17)18(19)22-3)23-11-13-4-6-14(21-2)7-5-13/h4-10H,11-12H2,1-3H3. The average Bonchev–Trinajstić information content (AvgIpc) is 2.64. The molecule has 24 heavy (non-hydrogen) atoms. The third-order valence-electron chi connectivity index (χ3n) is 3.26. The van der Waals surface area contributed by atoms with E-state index in [2.05, 4.69) is 0 Å². The average molecular weight is 332 g/mol. The molecule has 0 bridgehead atoms. The largest absolute Gasteiger partial charge is 0.497 e. The molecule has 0 aliphatic rings. The van der Waals surface area contributed by atoms with Gasteiger partial charge < -0.3 is 23.7 Å². The van der Waals surface area contributed by atoms with Crippen molar-refractivity contribution in [1.82, 2.24) is 0 Å². The van der Waals surface area contributed by atoms with Crippen molar-refractivity contribution >= 4 is 5.97 Å². The molecular formula is C18H20O6. The van der Waals surface area contributed by atoms with Gasteiger partial charge in [0.1, 0.15) is 29.4 Å². The summed E-state index contributed by atoms with van der Waals surface area (Å²) in [5.74, 6) is 1.22. The van der Waals surface area contributed by atoms with E-state index in [0.717, 1.165) is 11.3 Å². The van der Waals surface area contributed by atoms with Crippen molar-refractivity contribution in [3.8, 4) is 17.2 Å². The summed E-state index contributed by atoms with van der Waals surface area (Å²) in [5, 5.41) is 0. The van der Waals surface area contributed by atoms with E-state index in [-0.39, 0.29) is 6.79 Å². The van der Waals surface area contributed by atoms with Crippen LogP contribution in [0, 0.1) is 0 Å². The van der Waals surface area contributed by atoms with Crippen molar-refractivity contribution in [1.29, 1.82) is 0 Å². The SMILES string of the molecule is COCOc1cc(OCc2ccc(OC)cc2)ccc1C(=O)OC. The zero-order chi connectivity index (χ0) is 17.4. The molecule has 2 aromatic carbocycles. The van der Waals surface area contributed by atoms with Gasteiger partial charge in [-0.15, -0.1) is 0 Å².